The second-order valence-corrected chi connectivity index (χ2v) is 11.6. The van der Waals surface area contributed by atoms with Crippen molar-refractivity contribution in [2.45, 2.75) is 44.1 Å². The van der Waals surface area contributed by atoms with Crippen molar-refractivity contribution >= 4 is 44.9 Å². The molecule has 1 heterocycles. The summed E-state index contributed by atoms with van der Waals surface area (Å²) in [7, 11) is -4.29. The van der Waals surface area contributed by atoms with Gasteiger partial charge in [0.05, 0.1) is 28.2 Å². The van der Waals surface area contributed by atoms with E-state index in [2.05, 4.69) is 5.32 Å². The van der Waals surface area contributed by atoms with Crippen LogP contribution < -0.4 is 9.62 Å². The van der Waals surface area contributed by atoms with E-state index < -0.39 is 33.4 Å². The third kappa shape index (κ3) is 5.73. The Kier molecular flexibility index (Phi) is 7.63. The average Bonchev–Trinajstić information content (AvgIpc) is 2.83. The number of hydrogen-bond acceptors (Lipinski definition) is 3. The molecule has 1 aliphatic heterocycles. The molecule has 3 aromatic rings. The van der Waals surface area contributed by atoms with Crippen LogP contribution in [0.5, 0.6) is 0 Å². The summed E-state index contributed by atoms with van der Waals surface area (Å²) in [5.74, 6) is -4.03. The minimum absolute atomic E-state index is 0.0903. The van der Waals surface area contributed by atoms with E-state index in [1.807, 2.05) is 0 Å². The lowest BCUT2D eigenvalue weighted by Crippen LogP contribution is -2.49. The van der Waals surface area contributed by atoms with Gasteiger partial charge in [0.2, 0.25) is 5.91 Å². The second kappa shape index (κ2) is 10.5. The number of anilines is 1. The van der Waals surface area contributed by atoms with Gasteiger partial charge in [0.25, 0.3) is 15.9 Å². The van der Waals surface area contributed by atoms with Gasteiger partial charge in [-0.15, -0.1) is 0 Å². The molecule has 0 saturated heterocycles. The Morgan fingerprint density at radius 2 is 1.82 bits per heavy atom. The van der Waals surface area contributed by atoms with Gasteiger partial charge >= 0.3 is 0 Å². The molecular formula is C28H26ClF3N2O3S. The number of allylic oxidation sites excluding steroid dienone is 1. The van der Waals surface area contributed by atoms with E-state index in [9.17, 15) is 26.4 Å². The Hall–Kier alpha value is -3.30. The van der Waals surface area contributed by atoms with E-state index in [-0.39, 0.29) is 27.9 Å². The fourth-order valence-electron chi connectivity index (χ4n) is 4.57. The second-order valence-electron chi connectivity index (χ2n) is 9.37. The smallest absolute Gasteiger partial charge is 0.270 e. The Bertz CT molecular complexity index is 1510. The number of rotatable bonds is 6. The first kappa shape index (κ1) is 27.7. The number of alkyl halides is 2. The first-order valence-electron chi connectivity index (χ1n) is 11.8. The van der Waals surface area contributed by atoms with E-state index in [0.717, 1.165) is 10.4 Å². The van der Waals surface area contributed by atoms with Gasteiger partial charge in [-0.2, -0.15) is 0 Å². The van der Waals surface area contributed by atoms with Crippen LogP contribution in [-0.4, -0.2) is 26.9 Å². The van der Waals surface area contributed by atoms with Gasteiger partial charge in [0, 0.05) is 25.0 Å². The van der Waals surface area contributed by atoms with Crippen LogP contribution in [0.25, 0.3) is 11.6 Å². The van der Waals surface area contributed by atoms with Crippen LogP contribution in [0.4, 0.5) is 18.9 Å². The van der Waals surface area contributed by atoms with Crippen molar-refractivity contribution in [3.05, 3.63) is 93.8 Å². The molecule has 1 atom stereocenters. The van der Waals surface area contributed by atoms with Crippen molar-refractivity contribution in [3.8, 4) is 0 Å². The van der Waals surface area contributed by atoms with Gasteiger partial charge in [0.1, 0.15) is 5.82 Å². The number of sulfonamides is 1. The number of carbonyl (C=O) groups excluding carboxylic acids is 1. The lowest BCUT2D eigenvalue weighted by molar-refractivity contribution is -0.119. The predicted molar refractivity (Wildman–Crippen MR) is 143 cm³/mol. The van der Waals surface area contributed by atoms with Gasteiger partial charge in [-0.05, 0) is 60.4 Å². The van der Waals surface area contributed by atoms with Crippen LogP contribution in [0, 0.1) is 5.82 Å². The average molecular weight is 563 g/mol. The molecule has 0 saturated carbocycles. The van der Waals surface area contributed by atoms with Gasteiger partial charge < -0.3 is 5.32 Å². The molecule has 1 N–H and O–H groups in total. The van der Waals surface area contributed by atoms with Crippen molar-refractivity contribution in [3.63, 3.8) is 0 Å². The van der Waals surface area contributed by atoms with Gasteiger partial charge in [0.15, 0.2) is 0 Å². The minimum Gasteiger partial charge on any atom is -0.351 e. The Balaban J connectivity index is 1.82. The number of halogens is 4. The van der Waals surface area contributed by atoms with Crippen molar-refractivity contribution in [1.29, 1.82) is 0 Å². The zero-order valence-corrected chi connectivity index (χ0v) is 22.5. The quantitative estimate of drug-likeness (QED) is 0.353. The van der Waals surface area contributed by atoms with Crippen molar-refractivity contribution in [2.24, 2.45) is 0 Å². The lowest BCUT2D eigenvalue weighted by atomic mass is 9.96. The summed E-state index contributed by atoms with van der Waals surface area (Å²) in [4.78, 5) is 11.5. The van der Waals surface area contributed by atoms with Crippen molar-refractivity contribution in [1.82, 2.24) is 5.32 Å². The minimum atomic E-state index is -4.29. The van der Waals surface area contributed by atoms with Crippen LogP contribution in [-0.2, 0) is 27.2 Å². The van der Waals surface area contributed by atoms with Crippen LogP contribution in [0.1, 0.15) is 43.0 Å². The number of amides is 1. The van der Waals surface area contributed by atoms with Crippen molar-refractivity contribution in [2.75, 3.05) is 10.8 Å². The highest BCUT2D eigenvalue weighted by molar-refractivity contribution is 7.92. The molecule has 38 heavy (non-hydrogen) atoms. The van der Waals surface area contributed by atoms with E-state index in [1.165, 1.54) is 37.3 Å². The molecule has 0 aromatic heterocycles. The van der Waals surface area contributed by atoms with Gasteiger partial charge in [-0.25, -0.2) is 21.6 Å². The number of hydrogen-bond donors (Lipinski definition) is 1. The summed E-state index contributed by atoms with van der Waals surface area (Å²) in [5.41, 5.74) is 1.93. The van der Waals surface area contributed by atoms with Crippen LogP contribution >= 0.6 is 11.6 Å². The number of benzene rings is 3. The third-order valence-electron chi connectivity index (χ3n) is 6.31. The predicted octanol–water partition coefficient (Wildman–Crippen LogP) is 6.41. The molecule has 1 aliphatic rings. The van der Waals surface area contributed by atoms with E-state index in [1.54, 1.807) is 37.3 Å². The van der Waals surface area contributed by atoms with E-state index >= 15 is 0 Å². The van der Waals surface area contributed by atoms with Gasteiger partial charge in [-0.3, -0.25) is 9.10 Å². The maximum absolute atomic E-state index is 14.4. The molecule has 5 nitrogen and oxygen atoms in total. The SMILES string of the molecule is CC(=O)NC1Cc2ccc(C=C(C)c3c(F)cccc3Cl)cc2N(S(=O)(=O)c2cccc(C(C)(F)F)c2)C1. The van der Waals surface area contributed by atoms with Gasteiger partial charge in [-0.1, -0.05) is 48.0 Å². The highest BCUT2D eigenvalue weighted by Gasteiger charge is 2.35. The van der Waals surface area contributed by atoms with E-state index in [0.29, 0.717) is 35.7 Å². The monoisotopic (exact) mass is 562 g/mol. The third-order valence-corrected chi connectivity index (χ3v) is 8.40. The summed E-state index contributed by atoms with van der Waals surface area (Å²) in [6.07, 6.45) is 2.06. The first-order chi connectivity index (χ1) is 17.8. The zero-order chi connectivity index (χ0) is 27.8. The standard InChI is InChI=1S/C28H26ClF3N2O3S/c1-17(27-24(29)8-5-9-25(27)30)12-19-10-11-20-14-22(33-18(2)35)16-34(26(20)13-19)38(36,37)23-7-4-6-21(15-23)28(3,31)32/h4-13,15,22H,14,16H2,1-3H3,(H,33,35). The summed E-state index contributed by atoms with van der Waals surface area (Å²) in [5, 5.41) is 3.00. The number of nitrogens with zero attached hydrogens (tertiary/aromatic N) is 1. The summed E-state index contributed by atoms with van der Waals surface area (Å²) < 4.78 is 71.1. The number of fused-ring (bicyclic) bond motifs is 1. The molecule has 4 rings (SSSR count). The summed E-state index contributed by atoms with van der Waals surface area (Å²) in [6, 6.07) is 13.7. The number of nitrogens with one attached hydrogen (secondary N) is 1. The topological polar surface area (TPSA) is 66.5 Å². The maximum atomic E-state index is 14.4. The Labute approximate surface area is 225 Å². The lowest BCUT2D eigenvalue weighted by Gasteiger charge is -2.36. The molecule has 0 radical (unpaired) electrons. The highest BCUT2D eigenvalue weighted by Crippen LogP contribution is 2.36. The fourth-order valence-corrected chi connectivity index (χ4v) is 6.47. The molecule has 0 spiro atoms. The first-order valence-corrected chi connectivity index (χ1v) is 13.6. The molecule has 1 unspecified atom stereocenters. The van der Waals surface area contributed by atoms with Crippen molar-refractivity contribution < 1.29 is 26.4 Å². The molecular weight excluding hydrogens is 537 g/mol. The zero-order valence-electron chi connectivity index (χ0n) is 20.9. The maximum Gasteiger partial charge on any atom is 0.270 e. The Morgan fingerprint density at radius 3 is 2.47 bits per heavy atom. The molecule has 1 amide bonds. The summed E-state index contributed by atoms with van der Waals surface area (Å²) >= 11 is 6.20. The molecule has 0 bridgehead atoms. The molecule has 3 aromatic carbocycles. The highest BCUT2D eigenvalue weighted by atomic mass is 35.5. The van der Waals surface area contributed by atoms with Crippen LogP contribution in [0.2, 0.25) is 5.02 Å². The Morgan fingerprint density at radius 1 is 1.11 bits per heavy atom. The van der Waals surface area contributed by atoms with Crippen LogP contribution in [0.3, 0.4) is 0 Å². The summed E-state index contributed by atoms with van der Waals surface area (Å²) in [6.45, 7) is 3.64. The molecule has 200 valence electrons. The number of carbonyl (C=O) groups is 1. The molecule has 10 heteroatoms. The fraction of sp³-hybridized carbons (Fsp3) is 0.250. The normalized spacial score (nSPS) is 16.2. The van der Waals surface area contributed by atoms with Crippen LogP contribution in [0.15, 0.2) is 65.6 Å². The molecule has 0 fully saturated rings. The molecule has 0 aliphatic carbocycles. The largest absolute Gasteiger partial charge is 0.351 e. The van der Waals surface area contributed by atoms with E-state index in [4.69, 9.17) is 11.6 Å².